The fraction of sp³-hybridized carbons (Fsp3) is 0.714. The largest absolute Gasteiger partial charge is 0.464 e. The van der Waals surface area contributed by atoms with Gasteiger partial charge in [-0.2, -0.15) is 0 Å². The molecule has 0 bridgehead atoms. The lowest BCUT2D eigenvalue weighted by atomic mass is 9.80. The maximum atomic E-state index is 5.87. The van der Waals surface area contributed by atoms with Crippen LogP contribution in [0.3, 0.4) is 0 Å². The van der Waals surface area contributed by atoms with Crippen LogP contribution in [0.4, 0.5) is 0 Å². The van der Waals surface area contributed by atoms with E-state index in [-0.39, 0.29) is 5.41 Å². The van der Waals surface area contributed by atoms with E-state index in [1.54, 1.807) is 0 Å². The van der Waals surface area contributed by atoms with Crippen molar-refractivity contribution in [2.75, 3.05) is 6.54 Å². The van der Waals surface area contributed by atoms with Crippen molar-refractivity contribution in [1.29, 1.82) is 0 Å². The average Bonchev–Trinajstić information content (AvgIpc) is 2.73. The summed E-state index contributed by atoms with van der Waals surface area (Å²) in [4.78, 5) is 0. The van der Waals surface area contributed by atoms with Gasteiger partial charge < -0.3 is 9.73 Å². The molecule has 2 nitrogen and oxygen atoms in total. The zero-order chi connectivity index (χ0) is 12.2. The zero-order valence-electron chi connectivity index (χ0n) is 11.3. The summed E-state index contributed by atoms with van der Waals surface area (Å²) in [6, 6.07) is 4.51. The van der Waals surface area contributed by atoms with Crippen molar-refractivity contribution in [2.45, 2.75) is 53.5 Å². The Bertz CT molecular complexity index is 314. The van der Waals surface area contributed by atoms with E-state index < -0.39 is 0 Å². The quantitative estimate of drug-likeness (QED) is 0.790. The third-order valence-corrected chi connectivity index (χ3v) is 3.42. The number of hydrogen-bond donors (Lipinski definition) is 1. The first-order valence-corrected chi connectivity index (χ1v) is 6.37. The van der Waals surface area contributed by atoms with Crippen LogP contribution in [0.1, 0.15) is 58.6 Å². The molecule has 0 aliphatic carbocycles. The first-order chi connectivity index (χ1) is 7.55. The molecule has 1 unspecified atom stereocenters. The third kappa shape index (κ3) is 2.88. The Balaban J connectivity index is 2.92. The molecule has 1 atom stereocenters. The van der Waals surface area contributed by atoms with Crippen LogP contribution >= 0.6 is 0 Å². The molecule has 1 heterocycles. The molecule has 1 N–H and O–H groups in total. The molecule has 1 rings (SSSR count). The van der Waals surface area contributed by atoms with Crippen molar-refractivity contribution in [3.05, 3.63) is 23.7 Å². The van der Waals surface area contributed by atoms with Gasteiger partial charge in [0.2, 0.25) is 0 Å². The molecule has 1 aromatic heterocycles. The van der Waals surface area contributed by atoms with Gasteiger partial charge in [0.15, 0.2) is 0 Å². The normalized spacial score (nSPS) is 14.1. The minimum Gasteiger partial charge on any atom is -0.464 e. The lowest BCUT2D eigenvalue weighted by Gasteiger charge is -2.32. The van der Waals surface area contributed by atoms with Crippen molar-refractivity contribution in [2.24, 2.45) is 5.41 Å². The maximum absolute atomic E-state index is 5.87. The van der Waals surface area contributed by atoms with Gasteiger partial charge in [-0.15, -0.1) is 0 Å². The molecule has 2 heteroatoms. The summed E-state index contributed by atoms with van der Waals surface area (Å²) in [6.07, 6.45) is 2.10. The van der Waals surface area contributed by atoms with Crippen LogP contribution in [0.2, 0.25) is 0 Å². The second-order valence-corrected chi connectivity index (χ2v) is 4.99. The van der Waals surface area contributed by atoms with Crippen LogP contribution in [0, 0.1) is 5.41 Å². The van der Waals surface area contributed by atoms with Gasteiger partial charge in [0.25, 0.3) is 0 Å². The van der Waals surface area contributed by atoms with Crippen molar-refractivity contribution < 1.29 is 4.42 Å². The molecule has 92 valence electrons. The van der Waals surface area contributed by atoms with Gasteiger partial charge in [-0.3, -0.25) is 0 Å². The molecule has 0 aromatic carbocycles. The summed E-state index contributed by atoms with van der Waals surface area (Å²) in [5.41, 5.74) is 0.221. The minimum absolute atomic E-state index is 0.221. The summed E-state index contributed by atoms with van der Waals surface area (Å²) in [7, 11) is 0. The second kappa shape index (κ2) is 5.53. The monoisotopic (exact) mass is 223 g/mol. The first kappa shape index (κ1) is 13.3. The molecule has 0 saturated carbocycles. The molecule has 16 heavy (non-hydrogen) atoms. The van der Waals surface area contributed by atoms with Crippen molar-refractivity contribution in [3.8, 4) is 0 Å². The van der Waals surface area contributed by atoms with Gasteiger partial charge in [-0.1, -0.05) is 34.6 Å². The van der Waals surface area contributed by atoms with Crippen LogP contribution in [0.5, 0.6) is 0 Å². The van der Waals surface area contributed by atoms with Crippen molar-refractivity contribution >= 4 is 0 Å². The Kier molecular flexibility index (Phi) is 4.60. The lowest BCUT2D eigenvalue weighted by Crippen LogP contribution is -2.33. The first-order valence-electron chi connectivity index (χ1n) is 6.37. The molecular formula is C14H25NO. The predicted molar refractivity (Wildman–Crippen MR) is 68.6 cm³/mol. The number of rotatable bonds is 6. The molecule has 0 aliphatic heterocycles. The summed E-state index contributed by atoms with van der Waals surface area (Å²) in [5, 5.41) is 3.53. The van der Waals surface area contributed by atoms with E-state index in [1.807, 2.05) is 0 Å². The average molecular weight is 223 g/mol. The molecule has 0 aliphatic rings. The molecule has 1 aromatic rings. The van der Waals surface area contributed by atoms with Gasteiger partial charge in [0, 0.05) is 6.42 Å². The smallest absolute Gasteiger partial charge is 0.121 e. The highest BCUT2D eigenvalue weighted by Gasteiger charge is 2.30. The van der Waals surface area contributed by atoms with E-state index in [0.29, 0.717) is 6.04 Å². The van der Waals surface area contributed by atoms with Gasteiger partial charge >= 0.3 is 0 Å². The Morgan fingerprint density at radius 1 is 1.25 bits per heavy atom. The number of furan rings is 1. The second-order valence-electron chi connectivity index (χ2n) is 4.99. The van der Waals surface area contributed by atoms with Crippen LogP contribution < -0.4 is 5.32 Å². The van der Waals surface area contributed by atoms with E-state index in [1.165, 1.54) is 0 Å². The molecule has 0 fully saturated rings. The lowest BCUT2D eigenvalue weighted by molar-refractivity contribution is 0.206. The fourth-order valence-corrected chi connectivity index (χ4v) is 1.91. The number of hydrogen-bond acceptors (Lipinski definition) is 2. The Hall–Kier alpha value is -0.760. The molecular weight excluding hydrogens is 198 g/mol. The van der Waals surface area contributed by atoms with E-state index in [4.69, 9.17) is 4.42 Å². The van der Waals surface area contributed by atoms with Gasteiger partial charge in [-0.05, 0) is 30.5 Å². The highest BCUT2D eigenvalue weighted by atomic mass is 16.3. The van der Waals surface area contributed by atoms with E-state index in [0.717, 1.165) is 30.9 Å². The third-order valence-electron chi connectivity index (χ3n) is 3.42. The number of nitrogens with one attached hydrogen (secondary N) is 1. The number of aryl methyl sites for hydroxylation is 1. The highest BCUT2D eigenvalue weighted by molar-refractivity contribution is 5.13. The molecule has 0 amide bonds. The van der Waals surface area contributed by atoms with Crippen molar-refractivity contribution in [1.82, 2.24) is 5.32 Å². The van der Waals surface area contributed by atoms with Gasteiger partial charge in [0.1, 0.15) is 11.5 Å². The summed E-state index contributed by atoms with van der Waals surface area (Å²) in [6.45, 7) is 12.0. The van der Waals surface area contributed by atoms with E-state index in [9.17, 15) is 0 Å². The maximum Gasteiger partial charge on any atom is 0.121 e. The van der Waals surface area contributed by atoms with E-state index >= 15 is 0 Å². The topological polar surface area (TPSA) is 25.2 Å². The Labute approximate surface area is 99.4 Å². The SMILES string of the molecule is CCNC(c1ccc(CC)o1)C(C)(C)CC. The standard InChI is InChI=1S/C14H25NO/c1-6-11-9-10-12(16-11)13(15-8-3)14(4,5)7-2/h9-10,13,15H,6-8H2,1-5H3. The summed E-state index contributed by atoms with van der Waals surface area (Å²) < 4.78 is 5.87. The van der Waals surface area contributed by atoms with E-state index in [2.05, 4.69) is 52.1 Å². The Morgan fingerprint density at radius 2 is 1.94 bits per heavy atom. The van der Waals surface area contributed by atoms with Crippen LogP contribution in [0.15, 0.2) is 16.5 Å². The molecule has 0 spiro atoms. The Morgan fingerprint density at radius 3 is 2.38 bits per heavy atom. The fourth-order valence-electron chi connectivity index (χ4n) is 1.91. The van der Waals surface area contributed by atoms with Gasteiger partial charge in [0.05, 0.1) is 6.04 Å². The summed E-state index contributed by atoms with van der Waals surface area (Å²) >= 11 is 0. The predicted octanol–water partition coefficient (Wildman–Crippen LogP) is 3.93. The van der Waals surface area contributed by atoms with Crippen molar-refractivity contribution in [3.63, 3.8) is 0 Å². The van der Waals surface area contributed by atoms with Crippen LogP contribution in [-0.4, -0.2) is 6.54 Å². The van der Waals surface area contributed by atoms with Crippen LogP contribution in [0.25, 0.3) is 0 Å². The molecule has 0 radical (unpaired) electrons. The van der Waals surface area contributed by atoms with Gasteiger partial charge in [-0.25, -0.2) is 0 Å². The highest BCUT2D eigenvalue weighted by Crippen LogP contribution is 2.36. The molecule has 0 saturated heterocycles. The zero-order valence-corrected chi connectivity index (χ0v) is 11.3. The minimum atomic E-state index is 0.221. The van der Waals surface area contributed by atoms with Crippen LogP contribution in [-0.2, 0) is 6.42 Å². The summed E-state index contributed by atoms with van der Waals surface area (Å²) in [5.74, 6) is 2.15.